The number of carbonyl (C=O) groups is 1. The van der Waals surface area contributed by atoms with Crippen LogP contribution in [0.5, 0.6) is 11.5 Å². The summed E-state index contributed by atoms with van der Waals surface area (Å²) in [5.74, 6) is 3.23. The molecule has 1 N–H and O–H groups in total. The minimum absolute atomic E-state index is 0.0188. The van der Waals surface area contributed by atoms with E-state index in [0.29, 0.717) is 13.0 Å². The molecule has 0 radical (unpaired) electrons. The average Bonchev–Trinajstić information content (AvgIpc) is 3.43. The van der Waals surface area contributed by atoms with Crippen LogP contribution >= 0.6 is 0 Å². The molecule has 154 valence electrons. The number of rotatable bonds is 6. The summed E-state index contributed by atoms with van der Waals surface area (Å²) in [5.41, 5.74) is 2.12. The second-order valence-electron chi connectivity index (χ2n) is 7.70. The van der Waals surface area contributed by atoms with Crippen molar-refractivity contribution in [2.45, 2.75) is 44.7 Å². The smallest absolute Gasteiger partial charge is 0.231 e. The van der Waals surface area contributed by atoms with E-state index in [-0.39, 0.29) is 18.6 Å². The summed E-state index contributed by atoms with van der Waals surface area (Å²) < 4.78 is 13.1. The Morgan fingerprint density at radius 3 is 2.80 bits per heavy atom. The van der Waals surface area contributed by atoms with E-state index in [4.69, 9.17) is 9.47 Å². The molecule has 0 fully saturated rings. The van der Waals surface area contributed by atoms with Crippen molar-refractivity contribution in [1.29, 1.82) is 0 Å². The van der Waals surface area contributed by atoms with Gasteiger partial charge in [0.05, 0.1) is 6.54 Å². The Morgan fingerprint density at radius 1 is 1.03 bits per heavy atom. The van der Waals surface area contributed by atoms with Crippen LogP contribution in [0.3, 0.4) is 0 Å². The van der Waals surface area contributed by atoms with Gasteiger partial charge in [0.2, 0.25) is 12.7 Å². The van der Waals surface area contributed by atoms with Crippen LogP contribution in [0.2, 0.25) is 0 Å². The Morgan fingerprint density at radius 2 is 1.90 bits per heavy atom. The first-order chi connectivity index (χ1) is 14.8. The van der Waals surface area contributed by atoms with Crippen LogP contribution in [-0.4, -0.2) is 27.5 Å². The van der Waals surface area contributed by atoms with E-state index >= 15 is 0 Å². The van der Waals surface area contributed by atoms with Gasteiger partial charge in [0.15, 0.2) is 17.3 Å². The minimum Gasteiger partial charge on any atom is -0.454 e. The molecule has 7 nitrogen and oxygen atoms in total. The molecule has 3 aromatic rings. The first-order valence-electron chi connectivity index (χ1n) is 10.4. The zero-order chi connectivity index (χ0) is 20.3. The minimum atomic E-state index is -0.0759. The van der Waals surface area contributed by atoms with E-state index in [2.05, 4.69) is 32.2 Å². The van der Waals surface area contributed by atoms with Crippen molar-refractivity contribution in [2.24, 2.45) is 0 Å². The third-order valence-corrected chi connectivity index (χ3v) is 5.77. The summed E-state index contributed by atoms with van der Waals surface area (Å²) in [7, 11) is 0. The van der Waals surface area contributed by atoms with Crippen LogP contribution in [0, 0.1) is 0 Å². The van der Waals surface area contributed by atoms with Crippen molar-refractivity contribution >= 4 is 5.91 Å². The predicted molar refractivity (Wildman–Crippen MR) is 110 cm³/mol. The fourth-order valence-corrected chi connectivity index (χ4v) is 4.18. The fraction of sp³-hybridized carbons (Fsp3) is 0.348. The van der Waals surface area contributed by atoms with Crippen molar-refractivity contribution in [2.75, 3.05) is 6.79 Å². The van der Waals surface area contributed by atoms with Gasteiger partial charge in [-0.15, -0.1) is 10.2 Å². The lowest BCUT2D eigenvalue weighted by atomic mass is 9.88. The summed E-state index contributed by atoms with van der Waals surface area (Å²) in [6, 6.07) is 16.0. The number of aryl methyl sites for hydroxylation is 1. The van der Waals surface area contributed by atoms with Gasteiger partial charge in [0.1, 0.15) is 5.82 Å². The number of fused-ring (bicyclic) bond motifs is 2. The van der Waals surface area contributed by atoms with Gasteiger partial charge in [-0.2, -0.15) is 0 Å². The number of aromatic nitrogens is 3. The normalized spacial score (nSPS) is 15.5. The molecular weight excluding hydrogens is 380 g/mol. The molecule has 2 aliphatic rings. The monoisotopic (exact) mass is 404 g/mol. The molecule has 30 heavy (non-hydrogen) atoms. The Bertz CT molecular complexity index is 1050. The highest BCUT2D eigenvalue weighted by molar-refractivity contribution is 5.77. The highest BCUT2D eigenvalue weighted by atomic mass is 16.7. The van der Waals surface area contributed by atoms with Crippen molar-refractivity contribution in [3.63, 3.8) is 0 Å². The zero-order valence-corrected chi connectivity index (χ0v) is 16.7. The van der Waals surface area contributed by atoms with Crippen LogP contribution < -0.4 is 14.8 Å². The quantitative estimate of drug-likeness (QED) is 0.683. The van der Waals surface area contributed by atoms with Crippen LogP contribution in [0.4, 0.5) is 0 Å². The standard InChI is InChI=1S/C23H24N4O3/c28-23(24-14-22-26-25-21-8-4-5-11-27(21)22)13-18(16-6-2-1-3-7-16)17-9-10-19-20(12-17)30-15-29-19/h1-3,6-7,9-10,12,18H,4-5,8,11,13-15H2,(H,24,28)/t18-/m1/s1. The molecule has 5 rings (SSSR count). The lowest BCUT2D eigenvalue weighted by Crippen LogP contribution is -2.27. The van der Waals surface area contributed by atoms with Gasteiger partial charge in [-0.05, 0) is 36.1 Å². The van der Waals surface area contributed by atoms with E-state index < -0.39 is 0 Å². The highest BCUT2D eigenvalue weighted by Gasteiger charge is 2.22. The molecule has 0 spiro atoms. The van der Waals surface area contributed by atoms with Crippen LogP contribution in [-0.2, 0) is 24.3 Å². The molecule has 2 aliphatic heterocycles. The molecular formula is C23H24N4O3. The summed E-state index contributed by atoms with van der Waals surface area (Å²) in [4.78, 5) is 12.9. The second kappa shape index (κ2) is 8.18. The lowest BCUT2D eigenvalue weighted by molar-refractivity contribution is -0.121. The van der Waals surface area contributed by atoms with E-state index in [1.165, 1.54) is 0 Å². The van der Waals surface area contributed by atoms with E-state index in [1.54, 1.807) is 0 Å². The van der Waals surface area contributed by atoms with Gasteiger partial charge >= 0.3 is 0 Å². The first kappa shape index (κ1) is 18.7. The van der Waals surface area contributed by atoms with Crippen molar-refractivity contribution in [3.8, 4) is 11.5 Å². The Labute approximate surface area is 175 Å². The van der Waals surface area contributed by atoms with E-state index in [9.17, 15) is 4.79 Å². The van der Waals surface area contributed by atoms with Gasteiger partial charge in [-0.1, -0.05) is 36.4 Å². The summed E-state index contributed by atoms with van der Waals surface area (Å²) in [6.07, 6.45) is 3.58. The van der Waals surface area contributed by atoms with Gasteiger partial charge in [0, 0.05) is 25.3 Å². The maximum Gasteiger partial charge on any atom is 0.231 e. The van der Waals surface area contributed by atoms with Crippen LogP contribution in [0.1, 0.15) is 48.0 Å². The predicted octanol–water partition coefficient (Wildman–Crippen LogP) is 3.18. The topological polar surface area (TPSA) is 78.3 Å². The molecule has 0 saturated heterocycles. The number of ether oxygens (including phenoxy) is 2. The molecule has 7 heteroatoms. The number of hydrogen-bond donors (Lipinski definition) is 1. The van der Waals surface area contributed by atoms with Gasteiger partial charge in [0.25, 0.3) is 0 Å². The largest absolute Gasteiger partial charge is 0.454 e. The Hall–Kier alpha value is -3.35. The second-order valence-corrected chi connectivity index (χ2v) is 7.70. The molecule has 3 heterocycles. The van der Waals surface area contributed by atoms with Crippen LogP contribution in [0.25, 0.3) is 0 Å². The third-order valence-electron chi connectivity index (χ3n) is 5.77. The van der Waals surface area contributed by atoms with Gasteiger partial charge in [-0.25, -0.2) is 0 Å². The molecule has 1 aromatic heterocycles. The Balaban J connectivity index is 1.32. The summed E-state index contributed by atoms with van der Waals surface area (Å²) in [6.45, 7) is 1.56. The van der Waals surface area contributed by atoms with Gasteiger partial charge in [-0.3, -0.25) is 4.79 Å². The number of hydrogen-bond acceptors (Lipinski definition) is 5. The van der Waals surface area contributed by atoms with E-state index in [1.807, 2.05) is 36.4 Å². The summed E-state index contributed by atoms with van der Waals surface area (Å²) in [5, 5.41) is 11.6. The van der Waals surface area contributed by atoms with Crippen LogP contribution in [0.15, 0.2) is 48.5 Å². The Kier molecular flexibility index (Phi) is 5.09. The highest BCUT2D eigenvalue weighted by Crippen LogP contribution is 2.37. The van der Waals surface area contributed by atoms with E-state index in [0.717, 1.165) is 60.1 Å². The van der Waals surface area contributed by atoms with Crippen molar-refractivity contribution < 1.29 is 14.3 Å². The summed E-state index contributed by atoms with van der Waals surface area (Å²) >= 11 is 0. The van der Waals surface area contributed by atoms with Crippen molar-refractivity contribution in [1.82, 2.24) is 20.1 Å². The SMILES string of the molecule is O=C(C[C@H](c1ccccc1)c1ccc2c(c1)OCO2)NCc1nnc2n1CCCC2. The molecule has 0 saturated carbocycles. The maximum absolute atomic E-state index is 12.9. The molecule has 0 aliphatic carbocycles. The molecule has 0 bridgehead atoms. The molecule has 1 atom stereocenters. The maximum atomic E-state index is 12.9. The average molecular weight is 404 g/mol. The van der Waals surface area contributed by atoms with Gasteiger partial charge < -0.3 is 19.4 Å². The zero-order valence-electron chi connectivity index (χ0n) is 16.7. The van der Waals surface area contributed by atoms with Crippen molar-refractivity contribution in [3.05, 3.63) is 71.3 Å². The molecule has 1 amide bonds. The lowest BCUT2D eigenvalue weighted by Gasteiger charge is -2.19. The number of nitrogens with one attached hydrogen (secondary N) is 1. The first-order valence-corrected chi connectivity index (χ1v) is 10.4. The molecule has 2 aromatic carbocycles. The number of benzene rings is 2. The molecule has 0 unspecified atom stereocenters. The number of amides is 1. The number of nitrogens with zero attached hydrogens (tertiary/aromatic N) is 3. The number of carbonyl (C=O) groups excluding carboxylic acids is 1. The third kappa shape index (κ3) is 3.75. The fourth-order valence-electron chi connectivity index (χ4n) is 4.18.